The largest absolute Gasteiger partial charge is 0.378 e. The molecule has 2 unspecified atom stereocenters. The number of para-hydroxylation sites is 1. The Morgan fingerprint density at radius 1 is 1.35 bits per heavy atom. The highest BCUT2D eigenvalue weighted by molar-refractivity contribution is 5.49. The van der Waals surface area contributed by atoms with Crippen LogP contribution in [0.25, 0.3) is 0 Å². The van der Waals surface area contributed by atoms with E-state index in [1.54, 1.807) is 0 Å². The Balaban J connectivity index is 2.28. The highest BCUT2D eigenvalue weighted by Gasteiger charge is 2.41. The molecule has 20 heavy (non-hydrogen) atoms. The highest BCUT2D eigenvalue weighted by Crippen LogP contribution is 2.35. The van der Waals surface area contributed by atoms with Gasteiger partial charge in [-0.05, 0) is 37.8 Å². The van der Waals surface area contributed by atoms with Crippen molar-refractivity contribution >= 4 is 5.69 Å². The number of hydrogen-bond donors (Lipinski definition) is 1. The zero-order valence-corrected chi connectivity index (χ0v) is 13.0. The molecule has 1 aromatic carbocycles. The molecule has 0 aromatic heterocycles. The summed E-state index contributed by atoms with van der Waals surface area (Å²) in [6.45, 7) is 9.15. The Hall–Kier alpha value is -1.06. The first-order chi connectivity index (χ1) is 9.63. The summed E-state index contributed by atoms with van der Waals surface area (Å²) in [6.07, 6.45) is 2.34. The molecule has 1 saturated heterocycles. The van der Waals surface area contributed by atoms with Gasteiger partial charge in [-0.1, -0.05) is 32.0 Å². The van der Waals surface area contributed by atoms with Crippen molar-refractivity contribution in [1.29, 1.82) is 0 Å². The van der Waals surface area contributed by atoms with Crippen LogP contribution in [0.2, 0.25) is 0 Å². The summed E-state index contributed by atoms with van der Waals surface area (Å²) in [5.41, 5.74) is 7.52. The number of ether oxygens (including phenoxy) is 1. The van der Waals surface area contributed by atoms with Gasteiger partial charge in [0.15, 0.2) is 0 Å². The van der Waals surface area contributed by atoms with Gasteiger partial charge in [-0.25, -0.2) is 0 Å². The monoisotopic (exact) mass is 276 g/mol. The molecule has 2 N–H and O–H groups in total. The molecular formula is C17H28N2O. The fourth-order valence-electron chi connectivity index (χ4n) is 3.30. The van der Waals surface area contributed by atoms with Crippen molar-refractivity contribution in [3.8, 4) is 0 Å². The standard InChI is InChI=1S/C17H28N2O/c1-4-19(15-8-6-5-7-9-15)17(13-18)10-11-20-16(12-17)14(2)3/h5-9,14,16H,4,10-13,18H2,1-3H3. The van der Waals surface area contributed by atoms with Gasteiger partial charge in [0.25, 0.3) is 0 Å². The van der Waals surface area contributed by atoms with E-state index in [2.05, 4.69) is 56.0 Å². The van der Waals surface area contributed by atoms with E-state index in [0.717, 1.165) is 26.0 Å². The second-order valence-corrected chi connectivity index (χ2v) is 6.12. The number of anilines is 1. The van der Waals surface area contributed by atoms with Crippen LogP contribution in [0.3, 0.4) is 0 Å². The molecule has 0 aliphatic carbocycles. The fourth-order valence-corrected chi connectivity index (χ4v) is 3.30. The number of rotatable bonds is 5. The van der Waals surface area contributed by atoms with Crippen LogP contribution in [0.4, 0.5) is 5.69 Å². The molecule has 2 rings (SSSR count). The van der Waals surface area contributed by atoms with Crippen LogP contribution < -0.4 is 10.6 Å². The molecule has 3 nitrogen and oxygen atoms in total. The van der Waals surface area contributed by atoms with Gasteiger partial charge in [-0.2, -0.15) is 0 Å². The van der Waals surface area contributed by atoms with Crippen LogP contribution in [0, 0.1) is 5.92 Å². The van der Waals surface area contributed by atoms with Crippen LogP contribution >= 0.6 is 0 Å². The number of hydrogen-bond acceptors (Lipinski definition) is 3. The summed E-state index contributed by atoms with van der Waals surface area (Å²) >= 11 is 0. The second-order valence-electron chi connectivity index (χ2n) is 6.12. The minimum Gasteiger partial charge on any atom is -0.378 e. The van der Waals surface area contributed by atoms with Crippen molar-refractivity contribution < 1.29 is 4.74 Å². The third-order valence-corrected chi connectivity index (χ3v) is 4.56. The maximum atomic E-state index is 6.22. The summed E-state index contributed by atoms with van der Waals surface area (Å²) < 4.78 is 5.94. The van der Waals surface area contributed by atoms with E-state index in [9.17, 15) is 0 Å². The average molecular weight is 276 g/mol. The Labute approximate surface area is 123 Å². The Kier molecular flexibility index (Phi) is 5.06. The number of likely N-dealkylation sites (N-methyl/N-ethyl adjacent to an activating group) is 1. The van der Waals surface area contributed by atoms with Gasteiger partial charge in [0.05, 0.1) is 11.6 Å². The van der Waals surface area contributed by atoms with Crippen molar-refractivity contribution in [2.75, 3.05) is 24.6 Å². The maximum absolute atomic E-state index is 6.22. The SMILES string of the molecule is CCN(c1ccccc1)C1(CN)CCOC(C(C)C)C1. The zero-order chi connectivity index (χ0) is 14.6. The predicted octanol–water partition coefficient (Wildman–Crippen LogP) is 3.05. The second kappa shape index (κ2) is 6.59. The third kappa shape index (κ3) is 2.99. The van der Waals surface area contributed by atoms with E-state index in [1.165, 1.54) is 5.69 Å². The van der Waals surface area contributed by atoms with E-state index in [0.29, 0.717) is 18.6 Å². The van der Waals surface area contributed by atoms with Crippen molar-refractivity contribution in [1.82, 2.24) is 0 Å². The van der Waals surface area contributed by atoms with Crippen LogP contribution in [-0.2, 0) is 4.74 Å². The minimum absolute atomic E-state index is 0.0310. The molecule has 0 bridgehead atoms. The van der Waals surface area contributed by atoms with Gasteiger partial charge >= 0.3 is 0 Å². The van der Waals surface area contributed by atoms with E-state index in [1.807, 2.05) is 0 Å². The van der Waals surface area contributed by atoms with Crippen LogP contribution in [0.5, 0.6) is 0 Å². The quantitative estimate of drug-likeness (QED) is 0.898. The van der Waals surface area contributed by atoms with Gasteiger partial charge in [0.1, 0.15) is 0 Å². The lowest BCUT2D eigenvalue weighted by Crippen LogP contribution is -2.59. The van der Waals surface area contributed by atoms with Crippen molar-refractivity contribution in [3.05, 3.63) is 30.3 Å². The molecule has 3 heteroatoms. The molecule has 1 aromatic rings. The summed E-state index contributed by atoms with van der Waals surface area (Å²) in [5, 5.41) is 0. The van der Waals surface area contributed by atoms with Crippen LogP contribution in [-0.4, -0.2) is 31.3 Å². The predicted molar refractivity (Wildman–Crippen MR) is 85.1 cm³/mol. The van der Waals surface area contributed by atoms with E-state index in [4.69, 9.17) is 10.5 Å². The summed E-state index contributed by atoms with van der Waals surface area (Å²) in [7, 11) is 0. The molecule has 1 aliphatic rings. The Bertz CT molecular complexity index is 407. The maximum Gasteiger partial charge on any atom is 0.0620 e. The first-order valence-corrected chi connectivity index (χ1v) is 7.77. The van der Waals surface area contributed by atoms with Gasteiger partial charge in [0.2, 0.25) is 0 Å². The molecule has 0 spiro atoms. The van der Waals surface area contributed by atoms with Gasteiger partial charge in [-0.15, -0.1) is 0 Å². The topological polar surface area (TPSA) is 38.5 Å². The number of nitrogens with zero attached hydrogens (tertiary/aromatic N) is 1. The summed E-state index contributed by atoms with van der Waals surface area (Å²) in [4.78, 5) is 2.48. The molecule has 1 fully saturated rings. The molecular weight excluding hydrogens is 248 g/mol. The van der Waals surface area contributed by atoms with E-state index >= 15 is 0 Å². The van der Waals surface area contributed by atoms with Crippen LogP contribution in [0.1, 0.15) is 33.6 Å². The van der Waals surface area contributed by atoms with Gasteiger partial charge in [-0.3, -0.25) is 0 Å². The first-order valence-electron chi connectivity index (χ1n) is 7.77. The fraction of sp³-hybridized carbons (Fsp3) is 0.647. The molecule has 0 saturated carbocycles. The molecule has 2 atom stereocenters. The molecule has 0 amide bonds. The number of benzene rings is 1. The lowest BCUT2D eigenvalue weighted by atomic mass is 9.81. The van der Waals surface area contributed by atoms with Crippen molar-refractivity contribution in [2.45, 2.75) is 45.3 Å². The van der Waals surface area contributed by atoms with E-state index in [-0.39, 0.29) is 5.54 Å². The lowest BCUT2D eigenvalue weighted by Gasteiger charge is -2.49. The average Bonchev–Trinajstić information content (AvgIpc) is 2.49. The van der Waals surface area contributed by atoms with Gasteiger partial charge < -0.3 is 15.4 Å². The molecule has 112 valence electrons. The van der Waals surface area contributed by atoms with Crippen molar-refractivity contribution in [2.24, 2.45) is 11.7 Å². The Morgan fingerprint density at radius 3 is 2.60 bits per heavy atom. The number of nitrogens with two attached hydrogens (primary N) is 1. The first kappa shape index (κ1) is 15.3. The Morgan fingerprint density at radius 2 is 2.05 bits per heavy atom. The smallest absolute Gasteiger partial charge is 0.0620 e. The van der Waals surface area contributed by atoms with Crippen molar-refractivity contribution in [3.63, 3.8) is 0 Å². The summed E-state index contributed by atoms with van der Waals surface area (Å²) in [6, 6.07) is 10.6. The third-order valence-electron chi connectivity index (χ3n) is 4.56. The van der Waals surface area contributed by atoms with Crippen LogP contribution in [0.15, 0.2) is 30.3 Å². The van der Waals surface area contributed by atoms with Gasteiger partial charge in [0, 0.05) is 25.4 Å². The normalized spacial score (nSPS) is 26.8. The lowest BCUT2D eigenvalue weighted by molar-refractivity contribution is -0.0420. The molecule has 1 aliphatic heterocycles. The summed E-state index contributed by atoms with van der Waals surface area (Å²) in [5.74, 6) is 0.538. The molecule has 1 heterocycles. The zero-order valence-electron chi connectivity index (χ0n) is 13.0. The minimum atomic E-state index is 0.0310. The highest BCUT2D eigenvalue weighted by atomic mass is 16.5. The molecule has 0 radical (unpaired) electrons. The van der Waals surface area contributed by atoms with E-state index < -0.39 is 0 Å².